The minimum absolute atomic E-state index is 0.00455. The number of methoxy groups -OCH3 is 2. The maximum absolute atomic E-state index is 12.8. The molecule has 0 radical (unpaired) electrons. The van der Waals surface area contributed by atoms with E-state index in [1.54, 1.807) is 31.2 Å². The molecule has 0 aliphatic carbocycles. The molecule has 0 bridgehead atoms. The van der Waals surface area contributed by atoms with Gasteiger partial charge in [0.15, 0.2) is 0 Å². The Morgan fingerprint density at radius 2 is 1.68 bits per heavy atom. The van der Waals surface area contributed by atoms with Crippen molar-refractivity contribution in [2.75, 3.05) is 32.6 Å². The Balaban J connectivity index is 2.03. The van der Waals surface area contributed by atoms with E-state index in [4.69, 9.17) is 9.47 Å². The molecule has 0 aromatic heterocycles. The van der Waals surface area contributed by atoms with Gasteiger partial charge in [0.2, 0.25) is 21.8 Å². The largest absolute Gasteiger partial charge is 0.497 e. The number of likely N-dealkylation sites (N-methyl/N-ethyl adjacent to an activating group) is 1. The Morgan fingerprint density at radius 1 is 1.03 bits per heavy atom. The third kappa shape index (κ3) is 6.43. The predicted octanol–water partition coefficient (Wildman–Crippen LogP) is 1.86. The normalized spacial score (nSPS) is 12.0. The zero-order valence-electron chi connectivity index (χ0n) is 17.9. The first-order valence-electron chi connectivity index (χ1n) is 9.59. The van der Waals surface area contributed by atoms with E-state index in [0.29, 0.717) is 17.2 Å². The summed E-state index contributed by atoms with van der Waals surface area (Å²) in [5, 5.41) is 2.70. The number of para-hydroxylation sites is 2. The molecule has 0 fully saturated rings. The molecule has 1 atom stereocenters. The second kappa shape index (κ2) is 10.8. The molecule has 0 spiro atoms. The molecule has 0 heterocycles. The zero-order chi connectivity index (χ0) is 23.0. The smallest absolute Gasteiger partial charge is 0.244 e. The van der Waals surface area contributed by atoms with E-state index in [0.717, 1.165) is 0 Å². The molecule has 2 rings (SSSR count). The average Bonchev–Trinajstić information content (AvgIpc) is 2.77. The van der Waals surface area contributed by atoms with Gasteiger partial charge in [-0.3, -0.25) is 9.59 Å². The highest BCUT2D eigenvalue weighted by Crippen LogP contribution is 2.23. The second-order valence-corrected chi connectivity index (χ2v) is 8.33. The van der Waals surface area contributed by atoms with E-state index >= 15 is 0 Å². The van der Waals surface area contributed by atoms with E-state index in [1.165, 1.54) is 50.3 Å². The second-order valence-electron chi connectivity index (χ2n) is 6.62. The Bertz CT molecular complexity index is 1010. The molecule has 10 heteroatoms. The molecule has 2 aromatic rings. The fraction of sp³-hybridized carbons (Fsp3) is 0.333. The van der Waals surface area contributed by atoms with E-state index in [1.807, 2.05) is 0 Å². The number of carbonyl (C=O) groups excluding carboxylic acids is 2. The minimum atomic E-state index is -3.93. The number of nitrogens with one attached hydrogen (secondary N) is 2. The monoisotopic (exact) mass is 449 g/mol. The summed E-state index contributed by atoms with van der Waals surface area (Å²) in [5.74, 6) is 0.0619. The van der Waals surface area contributed by atoms with Gasteiger partial charge in [0.25, 0.3) is 0 Å². The lowest BCUT2D eigenvalue weighted by molar-refractivity contribution is -0.135. The number of ether oxygens (including phenoxy) is 2. The Kier molecular flexibility index (Phi) is 8.40. The zero-order valence-corrected chi connectivity index (χ0v) is 18.7. The van der Waals surface area contributed by atoms with Crippen LogP contribution in [0.15, 0.2) is 53.4 Å². The van der Waals surface area contributed by atoms with Gasteiger partial charge in [-0.05, 0) is 50.2 Å². The van der Waals surface area contributed by atoms with Gasteiger partial charge >= 0.3 is 0 Å². The van der Waals surface area contributed by atoms with Crippen LogP contribution < -0.4 is 19.5 Å². The quantitative estimate of drug-likeness (QED) is 0.572. The topological polar surface area (TPSA) is 114 Å². The molecule has 2 aromatic carbocycles. The van der Waals surface area contributed by atoms with Gasteiger partial charge in [0.1, 0.15) is 11.5 Å². The van der Waals surface area contributed by atoms with Gasteiger partial charge in [-0.2, -0.15) is 4.72 Å². The van der Waals surface area contributed by atoms with Crippen molar-refractivity contribution in [3.63, 3.8) is 0 Å². The lowest BCUT2D eigenvalue weighted by Gasteiger charge is -2.24. The van der Waals surface area contributed by atoms with Crippen molar-refractivity contribution in [2.45, 2.75) is 24.8 Å². The number of hydrogen-bond acceptors (Lipinski definition) is 6. The molecule has 0 aliphatic heterocycles. The van der Waals surface area contributed by atoms with Crippen LogP contribution >= 0.6 is 0 Å². The van der Waals surface area contributed by atoms with Crippen LogP contribution in [-0.2, 0) is 19.6 Å². The van der Waals surface area contributed by atoms with Crippen LogP contribution in [0.1, 0.15) is 13.8 Å². The van der Waals surface area contributed by atoms with Crippen molar-refractivity contribution in [1.82, 2.24) is 9.62 Å². The molecular formula is C21H27N3O6S. The van der Waals surface area contributed by atoms with Gasteiger partial charge in [0, 0.05) is 6.54 Å². The van der Waals surface area contributed by atoms with Crippen LogP contribution in [-0.4, -0.2) is 58.5 Å². The van der Waals surface area contributed by atoms with E-state index in [2.05, 4.69) is 10.0 Å². The molecule has 0 aliphatic rings. The summed E-state index contributed by atoms with van der Waals surface area (Å²) < 4.78 is 37.7. The maximum Gasteiger partial charge on any atom is 0.244 e. The average molecular weight is 450 g/mol. The van der Waals surface area contributed by atoms with Crippen LogP contribution in [0.3, 0.4) is 0 Å². The SMILES string of the molecule is CCN(CC(=O)Nc1ccccc1OC)C(=O)[C@H](C)NS(=O)(=O)c1ccc(OC)cc1. The summed E-state index contributed by atoms with van der Waals surface area (Å²) >= 11 is 0. The van der Waals surface area contributed by atoms with Crippen LogP contribution in [0.4, 0.5) is 5.69 Å². The summed E-state index contributed by atoms with van der Waals surface area (Å²) in [6.45, 7) is 3.14. The highest BCUT2D eigenvalue weighted by molar-refractivity contribution is 7.89. The lowest BCUT2D eigenvalue weighted by Crippen LogP contribution is -2.48. The van der Waals surface area contributed by atoms with Crippen LogP contribution in [0, 0.1) is 0 Å². The number of anilines is 1. The first kappa shape index (κ1) is 24.2. The lowest BCUT2D eigenvalue weighted by atomic mass is 10.2. The number of rotatable bonds is 10. The third-order valence-corrected chi connectivity index (χ3v) is 6.04. The van der Waals surface area contributed by atoms with Gasteiger partial charge in [0.05, 0.1) is 37.4 Å². The number of nitrogens with zero attached hydrogens (tertiary/aromatic N) is 1. The molecule has 168 valence electrons. The van der Waals surface area contributed by atoms with Crippen molar-refractivity contribution >= 4 is 27.5 Å². The first-order chi connectivity index (χ1) is 14.7. The van der Waals surface area contributed by atoms with Crippen molar-refractivity contribution in [2.24, 2.45) is 0 Å². The summed E-state index contributed by atoms with van der Waals surface area (Å²) in [4.78, 5) is 26.5. The maximum atomic E-state index is 12.8. The molecule has 2 amide bonds. The molecule has 0 saturated carbocycles. The number of sulfonamides is 1. The molecule has 0 unspecified atom stereocenters. The summed E-state index contributed by atoms with van der Waals surface area (Å²) in [5.41, 5.74) is 0.478. The Labute approximate surface area is 182 Å². The minimum Gasteiger partial charge on any atom is -0.497 e. The van der Waals surface area contributed by atoms with Crippen LogP contribution in [0.2, 0.25) is 0 Å². The molecule has 2 N–H and O–H groups in total. The Morgan fingerprint density at radius 3 is 2.26 bits per heavy atom. The fourth-order valence-corrected chi connectivity index (χ4v) is 4.03. The third-order valence-electron chi connectivity index (χ3n) is 4.48. The highest BCUT2D eigenvalue weighted by atomic mass is 32.2. The van der Waals surface area contributed by atoms with Gasteiger partial charge in [-0.25, -0.2) is 8.42 Å². The highest BCUT2D eigenvalue weighted by Gasteiger charge is 2.26. The summed E-state index contributed by atoms with van der Waals surface area (Å²) in [6.07, 6.45) is 0. The van der Waals surface area contributed by atoms with Crippen molar-refractivity contribution in [3.8, 4) is 11.5 Å². The number of amides is 2. The fourth-order valence-electron chi connectivity index (χ4n) is 2.84. The van der Waals surface area contributed by atoms with Crippen LogP contribution in [0.25, 0.3) is 0 Å². The Hall–Kier alpha value is -3.11. The number of hydrogen-bond donors (Lipinski definition) is 2. The molecular weight excluding hydrogens is 422 g/mol. The first-order valence-corrected chi connectivity index (χ1v) is 11.1. The van der Waals surface area contributed by atoms with E-state index < -0.39 is 27.9 Å². The number of benzene rings is 2. The predicted molar refractivity (Wildman–Crippen MR) is 117 cm³/mol. The van der Waals surface area contributed by atoms with Crippen molar-refractivity contribution < 1.29 is 27.5 Å². The van der Waals surface area contributed by atoms with Crippen molar-refractivity contribution in [1.29, 1.82) is 0 Å². The van der Waals surface area contributed by atoms with Crippen LogP contribution in [0.5, 0.6) is 11.5 Å². The number of carbonyl (C=O) groups is 2. The van der Waals surface area contributed by atoms with Gasteiger partial charge in [-0.1, -0.05) is 12.1 Å². The molecule has 9 nitrogen and oxygen atoms in total. The molecule has 0 saturated heterocycles. The van der Waals surface area contributed by atoms with Gasteiger partial charge < -0.3 is 19.7 Å². The summed E-state index contributed by atoms with van der Waals surface area (Å²) in [7, 11) is -0.960. The van der Waals surface area contributed by atoms with E-state index in [9.17, 15) is 18.0 Å². The standard InChI is InChI=1S/C21H27N3O6S/c1-5-24(14-20(25)22-18-8-6-7-9-19(18)30-4)21(26)15(2)23-31(27,28)17-12-10-16(29-3)11-13-17/h6-13,15,23H,5,14H2,1-4H3,(H,22,25)/t15-/m0/s1. The van der Waals surface area contributed by atoms with Crippen molar-refractivity contribution in [3.05, 3.63) is 48.5 Å². The van der Waals surface area contributed by atoms with E-state index in [-0.39, 0.29) is 18.0 Å². The van der Waals surface area contributed by atoms with Gasteiger partial charge in [-0.15, -0.1) is 0 Å². The molecule has 31 heavy (non-hydrogen) atoms. The summed E-state index contributed by atoms with van der Waals surface area (Å²) in [6, 6.07) is 11.6.